The van der Waals surface area contributed by atoms with Crippen LogP contribution in [0.5, 0.6) is 0 Å². The van der Waals surface area contributed by atoms with E-state index < -0.39 is 0 Å². The highest BCUT2D eigenvalue weighted by Gasteiger charge is 2.14. The van der Waals surface area contributed by atoms with Crippen molar-refractivity contribution in [3.05, 3.63) is 59.4 Å². The lowest BCUT2D eigenvalue weighted by atomic mass is 10.1. The molecule has 0 unspecified atom stereocenters. The van der Waals surface area contributed by atoms with Crippen molar-refractivity contribution < 1.29 is 14.0 Å². The minimum absolute atomic E-state index is 0.0235. The predicted molar refractivity (Wildman–Crippen MR) is 95.0 cm³/mol. The summed E-state index contributed by atoms with van der Waals surface area (Å²) >= 11 is 1.32. The predicted octanol–water partition coefficient (Wildman–Crippen LogP) is 3.57. The molecule has 4 nitrogen and oxygen atoms in total. The van der Waals surface area contributed by atoms with Crippen LogP contribution in [0.15, 0.2) is 47.4 Å². The summed E-state index contributed by atoms with van der Waals surface area (Å²) in [4.78, 5) is 26.5. The van der Waals surface area contributed by atoms with Crippen molar-refractivity contribution >= 4 is 29.3 Å². The van der Waals surface area contributed by atoms with Crippen molar-refractivity contribution in [2.45, 2.75) is 11.8 Å². The molecule has 0 atom stereocenters. The first kappa shape index (κ1) is 18.0. The van der Waals surface area contributed by atoms with E-state index in [1.165, 1.54) is 34.9 Å². The van der Waals surface area contributed by atoms with E-state index in [9.17, 15) is 14.0 Å². The zero-order chi connectivity index (χ0) is 17.7. The Bertz CT molecular complexity index is 762. The maximum Gasteiger partial charge on any atom is 0.256 e. The van der Waals surface area contributed by atoms with E-state index in [2.05, 4.69) is 5.32 Å². The third kappa shape index (κ3) is 4.58. The van der Waals surface area contributed by atoms with Crippen LogP contribution >= 0.6 is 11.8 Å². The summed E-state index contributed by atoms with van der Waals surface area (Å²) < 4.78 is 13.2. The van der Waals surface area contributed by atoms with Crippen LogP contribution in [0.3, 0.4) is 0 Å². The number of anilines is 1. The van der Waals surface area contributed by atoms with Gasteiger partial charge in [-0.25, -0.2) is 4.39 Å². The number of nitrogens with one attached hydrogen (secondary N) is 1. The highest BCUT2D eigenvalue weighted by atomic mass is 32.2. The molecule has 0 aliphatic carbocycles. The monoisotopic (exact) mass is 346 g/mol. The minimum atomic E-state index is -0.344. The van der Waals surface area contributed by atoms with Crippen molar-refractivity contribution in [1.82, 2.24) is 4.90 Å². The summed E-state index contributed by atoms with van der Waals surface area (Å²) in [6, 6.07) is 11.3. The molecule has 0 heterocycles. The van der Waals surface area contributed by atoms with E-state index in [1.54, 1.807) is 39.2 Å². The fourth-order valence-electron chi connectivity index (χ4n) is 2.01. The van der Waals surface area contributed by atoms with Crippen molar-refractivity contribution in [2.75, 3.05) is 25.2 Å². The average molecular weight is 346 g/mol. The number of aryl methyl sites for hydroxylation is 1. The van der Waals surface area contributed by atoms with Gasteiger partial charge in [0, 0.05) is 24.7 Å². The summed E-state index contributed by atoms with van der Waals surface area (Å²) in [6.07, 6.45) is 0. The number of hydrogen-bond donors (Lipinski definition) is 1. The molecular weight excluding hydrogens is 327 g/mol. The standard InChI is InChI=1S/C18H19FN2O2S/c1-12-10-13(19)8-9-15(12)20-18(23)14-6-4-5-7-16(14)24-11-17(22)21(2)3/h4-10H,11H2,1-3H3,(H,20,23). The number of halogens is 1. The minimum Gasteiger partial charge on any atom is -0.348 e. The molecule has 126 valence electrons. The second-order valence-electron chi connectivity index (χ2n) is 5.49. The molecule has 0 saturated carbocycles. The van der Waals surface area contributed by atoms with E-state index in [-0.39, 0.29) is 23.4 Å². The van der Waals surface area contributed by atoms with Crippen LogP contribution in [0.4, 0.5) is 10.1 Å². The first-order chi connectivity index (χ1) is 11.4. The first-order valence-corrected chi connectivity index (χ1v) is 8.36. The van der Waals surface area contributed by atoms with Crippen LogP contribution in [0, 0.1) is 12.7 Å². The fourth-order valence-corrected chi connectivity index (χ4v) is 3.03. The van der Waals surface area contributed by atoms with Gasteiger partial charge in [0.25, 0.3) is 5.91 Å². The highest BCUT2D eigenvalue weighted by molar-refractivity contribution is 8.00. The van der Waals surface area contributed by atoms with Crippen LogP contribution in [0.25, 0.3) is 0 Å². The molecule has 1 N–H and O–H groups in total. The molecule has 2 aromatic carbocycles. The average Bonchev–Trinajstić information content (AvgIpc) is 2.55. The summed E-state index contributed by atoms with van der Waals surface area (Å²) in [6.45, 7) is 1.73. The molecule has 2 amide bonds. The largest absolute Gasteiger partial charge is 0.348 e. The molecule has 2 rings (SSSR count). The van der Waals surface area contributed by atoms with Crippen LogP contribution in [-0.4, -0.2) is 36.6 Å². The Morgan fingerprint density at radius 2 is 1.88 bits per heavy atom. The maximum absolute atomic E-state index is 13.2. The lowest BCUT2D eigenvalue weighted by Crippen LogP contribution is -2.23. The van der Waals surface area contributed by atoms with Gasteiger partial charge in [-0.15, -0.1) is 11.8 Å². The van der Waals surface area contributed by atoms with Crippen molar-refractivity contribution in [3.8, 4) is 0 Å². The van der Waals surface area contributed by atoms with E-state index in [0.29, 0.717) is 16.8 Å². The molecular formula is C18H19FN2O2S. The Morgan fingerprint density at radius 1 is 1.17 bits per heavy atom. The van der Waals surface area contributed by atoms with Gasteiger partial charge in [0.15, 0.2) is 0 Å². The number of nitrogens with zero attached hydrogens (tertiary/aromatic N) is 1. The summed E-state index contributed by atoms with van der Waals surface area (Å²) in [5, 5.41) is 2.79. The molecule has 24 heavy (non-hydrogen) atoms. The molecule has 2 aromatic rings. The van der Waals surface area contributed by atoms with E-state index >= 15 is 0 Å². The molecule has 0 bridgehead atoms. The lowest BCUT2D eigenvalue weighted by molar-refractivity contribution is -0.125. The SMILES string of the molecule is Cc1cc(F)ccc1NC(=O)c1ccccc1SCC(=O)N(C)C. The number of rotatable bonds is 5. The zero-order valence-electron chi connectivity index (χ0n) is 13.8. The molecule has 0 aromatic heterocycles. The third-order valence-electron chi connectivity index (χ3n) is 3.42. The molecule has 0 aliphatic rings. The van der Waals surface area contributed by atoms with Crippen LogP contribution in [-0.2, 0) is 4.79 Å². The molecule has 6 heteroatoms. The van der Waals surface area contributed by atoms with Crippen molar-refractivity contribution in [3.63, 3.8) is 0 Å². The normalized spacial score (nSPS) is 10.3. The van der Waals surface area contributed by atoms with Gasteiger partial charge in [0.2, 0.25) is 5.91 Å². The van der Waals surface area contributed by atoms with Crippen LogP contribution in [0.1, 0.15) is 15.9 Å². The Balaban J connectivity index is 2.16. The quantitative estimate of drug-likeness (QED) is 0.842. The number of amides is 2. The van der Waals surface area contributed by atoms with Gasteiger partial charge in [-0.05, 0) is 42.8 Å². The van der Waals surface area contributed by atoms with Crippen molar-refractivity contribution in [1.29, 1.82) is 0 Å². The maximum atomic E-state index is 13.2. The van der Waals surface area contributed by atoms with E-state index in [1.807, 2.05) is 6.07 Å². The summed E-state index contributed by atoms with van der Waals surface area (Å²) in [5.74, 6) is -0.397. The Hall–Kier alpha value is -2.34. The number of hydrogen-bond acceptors (Lipinski definition) is 3. The fraction of sp³-hybridized carbons (Fsp3) is 0.222. The van der Waals surface area contributed by atoms with Crippen molar-refractivity contribution in [2.24, 2.45) is 0 Å². The van der Waals surface area contributed by atoms with Gasteiger partial charge in [0.1, 0.15) is 5.82 Å². The van der Waals surface area contributed by atoms with E-state index in [0.717, 1.165) is 4.90 Å². The third-order valence-corrected chi connectivity index (χ3v) is 4.48. The molecule has 0 saturated heterocycles. The number of carbonyl (C=O) groups is 2. The van der Waals surface area contributed by atoms with E-state index in [4.69, 9.17) is 0 Å². The lowest BCUT2D eigenvalue weighted by Gasteiger charge is -2.13. The topological polar surface area (TPSA) is 49.4 Å². The Kier molecular flexibility index (Phi) is 5.98. The highest BCUT2D eigenvalue weighted by Crippen LogP contribution is 2.24. The second-order valence-corrected chi connectivity index (χ2v) is 6.50. The second kappa shape index (κ2) is 7.97. The first-order valence-electron chi connectivity index (χ1n) is 7.38. The molecule has 0 fully saturated rings. The Morgan fingerprint density at radius 3 is 2.54 bits per heavy atom. The molecule has 0 spiro atoms. The molecule has 0 aliphatic heterocycles. The van der Waals surface area contributed by atoms with Gasteiger partial charge in [-0.3, -0.25) is 9.59 Å². The van der Waals surface area contributed by atoms with Gasteiger partial charge >= 0.3 is 0 Å². The number of thioether (sulfide) groups is 1. The molecule has 0 radical (unpaired) electrons. The summed E-state index contributed by atoms with van der Waals surface area (Å²) in [5.41, 5.74) is 1.69. The number of benzene rings is 2. The van der Waals surface area contributed by atoms with Gasteiger partial charge in [0.05, 0.1) is 11.3 Å². The summed E-state index contributed by atoms with van der Waals surface area (Å²) in [7, 11) is 3.39. The van der Waals surface area contributed by atoms with Gasteiger partial charge in [-0.1, -0.05) is 12.1 Å². The van der Waals surface area contributed by atoms with Gasteiger partial charge in [-0.2, -0.15) is 0 Å². The van der Waals surface area contributed by atoms with Gasteiger partial charge < -0.3 is 10.2 Å². The number of carbonyl (C=O) groups excluding carboxylic acids is 2. The Labute approximate surface area is 145 Å². The van der Waals surface area contributed by atoms with Crippen LogP contribution in [0.2, 0.25) is 0 Å². The van der Waals surface area contributed by atoms with Crippen LogP contribution < -0.4 is 5.32 Å². The smallest absolute Gasteiger partial charge is 0.256 e. The zero-order valence-corrected chi connectivity index (χ0v) is 14.6.